The van der Waals surface area contributed by atoms with Gasteiger partial charge in [-0.05, 0) is 30.5 Å². The zero-order valence-corrected chi connectivity index (χ0v) is 14.9. The van der Waals surface area contributed by atoms with E-state index in [1.165, 1.54) is 19.3 Å². The van der Waals surface area contributed by atoms with Crippen LogP contribution in [0.3, 0.4) is 0 Å². The van der Waals surface area contributed by atoms with E-state index in [9.17, 15) is 4.79 Å². The topological polar surface area (TPSA) is 64.8 Å². The first-order chi connectivity index (χ1) is 12.1. The number of rotatable bonds is 5. The second-order valence-corrected chi connectivity index (χ2v) is 7.89. The molecule has 2 aliphatic heterocycles. The number of nitrogens with two attached hydrogens (primary N) is 1. The Morgan fingerprint density at radius 2 is 2.04 bits per heavy atom. The highest BCUT2D eigenvalue weighted by molar-refractivity contribution is 5.92. The number of ether oxygens (including phenoxy) is 2. The van der Waals surface area contributed by atoms with Gasteiger partial charge in [0.2, 0.25) is 5.91 Å². The maximum Gasteiger partial charge on any atom is 0.248 e. The predicted molar refractivity (Wildman–Crippen MR) is 95.2 cm³/mol. The highest BCUT2D eigenvalue weighted by atomic mass is 16.5. The fraction of sp³-hybridized carbons (Fsp3) is 0.650. The van der Waals surface area contributed by atoms with Crippen molar-refractivity contribution in [1.29, 1.82) is 0 Å². The van der Waals surface area contributed by atoms with Crippen LogP contribution in [-0.2, 0) is 15.1 Å². The highest BCUT2D eigenvalue weighted by Gasteiger charge is 2.53. The number of benzene rings is 1. The van der Waals surface area contributed by atoms with Crippen LogP contribution in [0.2, 0.25) is 0 Å². The molecule has 2 bridgehead atoms. The number of amides is 1. The van der Waals surface area contributed by atoms with Crippen LogP contribution in [0.1, 0.15) is 35.2 Å². The Balaban J connectivity index is 1.64. The Labute approximate surface area is 149 Å². The van der Waals surface area contributed by atoms with E-state index in [4.69, 9.17) is 15.2 Å². The lowest BCUT2D eigenvalue weighted by Crippen LogP contribution is -2.60. The maximum absolute atomic E-state index is 11.6. The van der Waals surface area contributed by atoms with Gasteiger partial charge in [0.25, 0.3) is 0 Å². The molecule has 136 valence electrons. The molecule has 1 amide bonds. The first-order valence-corrected chi connectivity index (χ1v) is 9.39. The number of nitrogens with zero attached hydrogens (tertiary/aromatic N) is 1. The number of piperidine rings is 1. The van der Waals surface area contributed by atoms with Gasteiger partial charge in [0.15, 0.2) is 0 Å². The van der Waals surface area contributed by atoms with Crippen molar-refractivity contribution in [2.75, 3.05) is 40.0 Å². The predicted octanol–water partition coefficient (Wildman–Crippen LogP) is 2.01. The lowest BCUT2D eigenvalue weighted by atomic mass is 9.62. The van der Waals surface area contributed by atoms with Gasteiger partial charge in [0, 0.05) is 50.1 Å². The first-order valence-electron chi connectivity index (χ1n) is 9.39. The van der Waals surface area contributed by atoms with Crippen LogP contribution < -0.4 is 5.73 Å². The number of primary amides is 1. The summed E-state index contributed by atoms with van der Waals surface area (Å²) in [5.74, 6) is 1.22. The van der Waals surface area contributed by atoms with Crippen molar-refractivity contribution >= 4 is 5.91 Å². The number of hydrogen-bond acceptors (Lipinski definition) is 4. The minimum absolute atomic E-state index is 0.295. The van der Waals surface area contributed by atoms with Crippen molar-refractivity contribution in [3.8, 4) is 0 Å². The average Bonchev–Trinajstić information content (AvgIpc) is 2.57. The summed E-state index contributed by atoms with van der Waals surface area (Å²) in [6.07, 6.45) is 3.60. The molecule has 2 unspecified atom stereocenters. The van der Waals surface area contributed by atoms with Crippen molar-refractivity contribution < 1.29 is 14.3 Å². The number of fused-ring (bicyclic) bond motifs is 2. The molecule has 0 radical (unpaired) electrons. The number of carbonyl (C=O) groups excluding carboxylic acids is 1. The summed E-state index contributed by atoms with van der Waals surface area (Å²) in [4.78, 5) is 14.3. The molecule has 2 heterocycles. The third-order valence-electron chi connectivity index (χ3n) is 6.43. The van der Waals surface area contributed by atoms with Crippen molar-refractivity contribution in [2.24, 2.45) is 23.5 Å². The molecule has 1 aromatic rings. The minimum atomic E-state index is -0.374. The van der Waals surface area contributed by atoms with Crippen molar-refractivity contribution in [3.63, 3.8) is 0 Å². The molecule has 0 aromatic heterocycles. The van der Waals surface area contributed by atoms with E-state index < -0.39 is 0 Å². The minimum Gasteiger partial charge on any atom is -0.381 e. The molecule has 2 saturated heterocycles. The van der Waals surface area contributed by atoms with E-state index >= 15 is 0 Å². The van der Waals surface area contributed by atoms with Gasteiger partial charge in [-0.1, -0.05) is 18.6 Å². The lowest BCUT2D eigenvalue weighted by Gasteiger charge is -2.56. The Morgan fingerprint density at radius 3 is 2.60 bits per heavy atom. The molecule has 1 aromatic carbocycles. The van der Waals surface area contributed by atoms with Gasteiger partial charge in [-0.2, -0.15) is 0 Å². The van der Waals surface area contributed by atoms with Gasteiger partial charge in [-0.15, -0.1) is 0 Å². The second-order valence-electron chi connectivity index (χ2n) is 7.89. The summed E-state index contributed by atoms with van der Waals surface area (Å²) in [5, 5.41) is 0. The van der Waals surface area contributed by atoms with Gasteiger partial charge < -0.3 is 20.1 Å². The number of methoxy groups -OCH3 is 1. The largest absolute Gasteiger partial charge is 0.381 e. The van der Waals surface area contributed by atoms with E-state index in [-0.39, 0.29) is 11.5 Å². The molecule has 0 spiro atoms. The van der Waals surface area contributed by atoms with E-state index in [1.54, 1.807) is 6.07 Å². The van der Waals surface area contributed by atoms with Gasteiger partial charge >= 0.3 is 0 Å². The Morgan fingerprint density at radius 1 is 1.32 bits per heavy atom. The number of likely N-dealkylation sites (tertiary alicyclic amines) is 1. The molecular formula is C20H28N2O3. The van der Waals surface area contributed by atoms with Gasteiger partial charge in [0.1, 0.15) is 5.60 Å². The van der Waals surface area contributed by atoms with Crippen molar-refractivity contribution in [3.05, 3.63) is 35.4 Å². The monoisotopic (exact) mass is 344 g/mol. The van der Waals surface area contributed by atoms with E-state index in [0.29, 0.717) is 23.3 Å². The second kappa shape index (κ2) is 6.71. The van der Waals surface area contributed by atoms with Crippen molar-refractivity contribution in [1.82, 2.24) is 4.90 Å². The Kier molecular flexibility index (Phi) is 4.56. The smallest absolute Gasteiger partial charge is 0.248 e. The van der Waals surface area contributed by atoms with E-state index in [1.807, 2.05) is 19.2 Å². The van der Waals surface area contributed by atoms with Crippen LogP contribution in [0.5, 0.6) is 0 Å². The summed E-state index contributed by atoms with van der Waals surface area (Å²) < 4.78 is 11.6. The normalized spacial score (nSPS) is 33.0. The molecule has 25 heavy (non-hydrogen) atoms. The third-order valence-corrected chi connectivity index (χ3v) is 6.43. The molecule has 4 rings (SSSR count). The Hall–Kier alpha value is -1.43. The van der Waals surface area contributed by atoms with Crippen molar-refractivity contribution in [2.45, 2.75) is 24.9 Å². The molecule has 1 saturated carbocycles. The third kappa shape index (κ3) is 2.88. The van der Waals surface area contributed by atoms with Crippen LogP contribution >= 0.6 is 0 Å². The summed E-state index contributed by atoms with van der Waals surface area (Å²) in [6.45, 7) is 5.06. The highest BCUT2D eigenvalue weighted by Crippen LogP contribution is 2.51. The molecule has 5 nitrogen and oxygen atoms in total. The van der Waals surface area contributed by atoms with E-state index in [2.05, 4.69) is 11.0 Å². The van der Waals surface area contributed by atoms with Crippen LogP contribution in [0.25, 0.3) is 0 Å². The summed E-state index contributed by atoms with van der Waals surface area (Å²) in [6, 6.07) is 7.78. The Bertz CT molecular complexity index is 630. The lowest BCUT2D eigenvalue weighted by molar-refractivity contribution is -0.174. The van der Waals surface area contributed by atoms with Gasteiger partial charge in [-0.3, -0.25) is 4.79 Å². The SMILES string of the molecule is COC1(c2cccc(C(N)=O)c2)C2CCCC1CN(CC1COC1)C2. The molecular weight excluding hydrogens is 316 g/mol. The summed E-state index contributed by atoms with van der Waals surface area (Å²) in [5.41, 5.74) is 6.90. The molecule has 5 heteroatoms. The van der Waals surface area contributed by atoms with Gasteiger partial charge in [0.05, 0.1) is 13.2 Å². The number of carbonyl (C=O) groups is 1. The quantitative estimate of drug-likeness (QED) is 0.887. The fourth-order valence-electron chi connectivity index (χ4n) is 5.27. The summed E-state index contributed by atoms with van der Waals surface area (Å²) >= 11 is 0. The van der Waals surface area contributed by atoms with Crippen LogP contribution in [0.4, 0.5) is 0 Å². The summed E-state index contributed by atoms with van der Waals surface area (Å²) in [7, 11) is 1.83. The first kappa shape index (κ1) is 17.0. The molecule has 3 aliphatic rings. The molecule has 2 N–H and O–H groups in total. The zero-order chi connectivity index (χ0) is 17.4. The van der Waals surface area contributed by atoms with Crippen LogP contribution in [0.15, 0.2) is 24.3 Å². The molecule has 3 fully saturated rings. The molecule has 1 aliphatic carbocycles. The van der Waals surface area contributed by atoms with Gasteiger partial charge in [-0.25, -0.2) is 0 Å². The van der Waals surface area contributed by atoms with E-state index in [0.717, 1.165) is 38.4 Å². The standard InChI is InChI=1S/C20H28N2O3/c1-24-20(16-5-2-4-15(8-16)19(21)23)17-6-3-7-18(20)11-22(10-17)9-14-12-25-13-14/h2,4-5,8,14,17-18H,3,6-7,9-13H2,1H3,(H2,21,23). The van der Waals surface area contributed by atoms with Crippen LogP contribution in [0, 0.1) is 17.8 Å². The molecule has 2 atom stereocenters. The fourth-order valence-corrected chi connectivity index (χ4v) is 5.27. The van der Waals surface area contributed by atoms with Crippen LogP contribution in [-0.4, -0.2) is 50.8 Å². The zero-order valence-electron chi connectivity index (χ0n) is 14.9. The maximum atomic E-state index is 11.6. The average molecular weight is 344 g/mol. The number of hydrogen-bond donors (Lipinski definition) is 1.